The molecule has 4 nitrogen and oxygen atoms in total. The zero-order valence-electron chi connectivity index (χ0n) is 13.4. The topological polar surface area (TPSA) is 39.1 Å². The number of aryl methyl sites for hydroxylation is 1. The molecular weight excluding hydrogens is 262 g/mol. The van der Waals surface area contributed by atoms with Crippen LogP contribution in [0.1, 0.15) is 39.1 Å². The van der Waals surface area contributed by atoms with Crippen molar-refractivity contribution in [3.05, 3.63) is 48.0 Å². The van der Waals surface area contributed by atoms with Gasteiger partial charge in [-0.2, -0.15) is 0 Å². The fourth-order valence-electron chi connectivity index (χ4n) is 2.06. The number of ether oxygens (including phenoxy) is 1. The van der Waals surface area contributed by atoms with Crippen molar-refractivity contribution in [3.8, 4) is 5.75 Å². The molecule has 1 heterocycles. The van der Waals surface area contributed by atoms with Gasteiger partial charge in [0.05, 0.1) is 0 Å². The second-order valence-corrected chi connectivity index (χ2v) is 6.13. The Labute approximate surface area is 127 Å². The number of nitrogens with zero attached hydrogens (tertiary/aromatic N) is 2. The normalized spacial score (nSPS) is 11.6. The van der Waals surface area contributed by atoms with E-state index in [-0.39, 0.29) is 5.54 Å². The molecular formula is C17H25N3O. The van der Waals surface area contributed by atoms with Crippen molar-refractivity contribution in [1.29, 1.82) is 0 Å². The van der Waals surface area contributed by atoms with Crippen LogP contribution in [0, 0.1) is 0 Å². The molecule has 0 radical (unpaired) electrons. The second-order valence-electron chi connectivity index (χ2n) is 6.13. The number of hydrogen-bond acceptors (Lipinski definition) is 3. The molecule has 0 spiro atoms. The molecule has 0 saturated carbocycles. The van der Waals surface area contributed by atoms with E-state index in [2.05, 4.69) is 48.6 Å². The first-order valence-electron chi connectivity index (χ1n) is 7.45. The minimum Gasteiger partial charge on any atom is -0.485 e. The lowest BCUT2D eigenvalue weighted by Gasteiger charge is -2.21. The Morgan fingerprint density at radius 3 is 2.71 bits per heavy atom. The van der Waals surface area contributed by atoms with Crippen LogP contribution in [0.15, 0.2) is 36.7 Å². The highest BCUT2D eigenvalue weighted by atomic mass is 16.5. The van der Waals surface area contributed by atoms with E-state index in [1.165, 1.54) is 5.56 Å². The van der Waals surface area contributed by atoms with Crippen molar-refractivity contribution in [1.82, 2.24) is 14.9 Å². The Balaban J connectivity index is 2.03. The molecule has 21 heavy (non-hydrogen) atoms. The number of hydrogen-bond donors (Lipinski definition) is 1. The predicted octanol–water partition coefficient (Wildman–Crippen LogP) is 3.37. The maximum Gasteiger partial charge on any atom is 0.146 e. The quantitative estimate of drug-likeness (QED) is 0.885. The van der Waals surface area contributed by atoms with Crippen molar-refractivity contribution >= 4 is 0 Å². The van der Waals surface area contributed by atoms with Crippen LogP contribution in [0.3, 0.4) is 0 Å². The van der Waals surface area contributed by atoms with E-state index in [4.69, 9.17) is 4.74 Å². The Morgan fingerprint density at radius 2 is 2.00 bits per heavy atom. The van der Waals surface area contributed by atoms with E-state index >= 15 is 0 Å². The third kappa shape index (κ3) is 4.60. The zero-order valence-corrected chi connectivity index (χ0v) is 13.4. The van der Waals surface area contributed by atoms with Crippen LogP contribution in [0.25, 0.3) is 0 Å². The van der Waals surface area contributed by atoms with E-state index in [1.54, 1.807) is 0 Å². The monoisotopic (exact) mass is 287 g/mol. The first-order valence-corrected chi connectivity index (χ1v) is 7.45. The number of benzene rings is 1. The third-order valence-electron chi connectivity index (χ3n) is 3.28. The summed E-state index contributed by atoms with van der Waals surface area (Å²) in [5, 5.41) is 3.49. The lowest BCUT2D eigenvalue weighted by Crippen LogP contribution is -2.35. The highest BCUT2D eigenvalue weighted by Gasteiger charge is 2.11. The van der Waals surface area contributed by atoms with Crippen molar-refractivity contribution in [2.24, 2.45) is 0 Å². The summed E-state index contributed by atoms with van der Waals surface area (Å²) in [6.45, 7) is 10.8. The number of rotatable bonds is 6. The Hall–Kier alpha value is -1.81. The van der Waals surface area contributed by atoms with Gasteiger partial charge in [-0.25, -0.2) is 4.98 Å². The summed E-state index contributed by atoms with van der Waals surface area (Å²) >= 11 is 0. The molecule has 1 aromatic carbocycles. The molecule has 114 valence electrons. The summed E-state index contributed by atoms with van der Waals surface area (Å²) in [4.78, 5) is 4.34. The van der Waals surface area contributed by atoms with Gasteiger partial charge in [0.25, 0.3) is 0 Å². The summed E-state index contributed by atoms with van der Waals surface area (Å²) in [6, 6.07) is 8.15. The Kier molecular flexibility index (Phi) is 5.02. The van der Waals surface area contributed by atoms with Crippen LogP contribution < -0.4 is 10.1 Å². The largest absolute Gasteiger partial charge is 0.485 e. The zero-order chi connectivity index (χ0) is 15.3. The first-order chi connectivity index (χ1) is 9.99. The Bertz CT molecular complexity index is 569. The number of nitrogens with one attached hydrogen (secondary N) is 1. The van der Waals surface area contributed by atoms with Gasteiger partial charge in [-0.05, 0) is 33.8 Å². The van der Waals surface area contributed by atoms with Gasteiger partial charge >= 0.3 is 0 Å². The lowest BCUT2D eigenvalue weighted by atomic mass is 10.1. The van der Waals surface area contributed by atoms with E-state index < -0.39 is 0 Å². The van der Waals surface area contributed by atoms with Crippen LogP contribution >= 0.6 is 0 Å². The van der Waals surface area contributed by atoms with Crippen LogP contribution in [0.2, 0.25) is 0 Å². The fourth-order valence-corrected chi connectivity index (χ4v) is 2.06. The molecule has 0 amide bonds. The van der Waals surface area contributed by atoms with Crippen molar-refractivity contribution in [3.63, 3.8) is 0 Å². The van der Waals surface area contributed by atoms with Crippen LogP contribution in [-0.4, -0.2) is 15.1 Å². The number of aromatic nitrogens is 2. The molecule has 0 aliphatic heterocycles. The fraction of sp³-hybridized carbons (Fsp3) is 0.471. The molecule has 0 atom stereocenters. The lowest BCUT2D eigenvalue weighted by molar-refractivity contribution is 0.285. The molecule has 0 saturated heterocycles. The molecule has 1 aromatic heterocycles. The number of para-hydroxylation sites is 1. The SMILES string of the molecule is CCn1ccnc1COc1ccccc1CNC(C)(C)C. The average molecular weight is 287 g/mol. The van der Waals surface area contributed by atoms with Crippen molar-refractivity contribution in [2.45, 2.75) is 52.9 Å². The van der Waals surface area contributed by atoms with E-state index in [1.807, 2.05) is 30.6 Å². The highest BCUT2D eigenvalue weighted by molar-refractivity contribution is 5.33. The smallest absolute Gasteiger partial charge is 0.146 e. The minimum absolute atomic E-state index is 0.0889. The summed E-state index contributed by atoms with van der Waals surface area (Å²) in [5.74, 6) is 1.87. The standard InChI is InChI=1S/C17H25N3O/c1-5-20-11-10-18-16(20)13-21-15-9-7-6-8-14(15)12-19-17(2,3)4/h6-11,19H,5,12-13H2,1-4H3. The van der Waals surface area contributed by atoms with E-state index in [0.717, 1.165) is 24.7 Å². The molecule has 0 aliphatic carbocycles. The van der Waals surface area contributed by atoms with Crippen molar-refractivity contribution < 1.29 is 4.74 Å². The van der Waals surface area contributed by atoms with Crippen molar-refractivity contribution in [2.75, 3.05) is 0 Å². The Morgan fingerprint density at radius 1 is 1.24 bits per heavy atom. The van der Waals surface area contributed by atoms with E-state index in [9.17, 15) is 0 Å². The highest BCUT2D eigenvalue weighted by Crippen LogP contribution is 2.20. The van der Waals surface area contributed by atoms with Gasteiger partial charge in [0, 0.05) is 36.6 Å². The summed E-state index contributed by atoms with van der Waals surface area (Å²) in [6.07, 6.45) is 3.79. The molecule has 4 heteroatoms. The molecule has 2 aromatic rings. The van der Waals surface area contributed by atoms with Crippen LogP contribution in [-0.2, 0) is 19.7 Å². The summed E-state index contributed by atoms with van der Waals surface area (Å²) in [7, 11) is 0. The summed E-state index contributed by atoms with van der Waals surface area (Å²) < 4.78 is 8.06. The van der Waals surface area contributed by atoms with Gasteiger partial charge in [0.1, 0.15) is 18.2 Å². The predicted molar refractivity (Wildman–Crippen MR) is 85.3 cm³/mol. The molecule has 1 N–H and O–H groups in total. The van der Waals surface area contributed by atoms with Gasteiger partial charge in [0.15, 0.2) is 0 Å². The third-order valence-corrected chi connectivity index (χ3v) is 3.28. The molecule has 0 fully saturated rings. The first kappa shape index (κ1) is 15.6. The summed E-state index contributed by atoms with van der Waals surface area (Å²) in [5.41, 5.74) is 1.26. The maximum atomic E-state index is 5.97. The van der Waals surface area contributed by atoms with Crippen LogP contribution in [0.5, 0.6) is 5.75 Å². The van der Waals surface area contributed by atoms with Gasteiger partial charge in [-0.15, -0.1) is 0 Å². The number of imidazole rings is 1. The van der Waals surface area contributed by atoms with E-state index in [0.29, 0.717) is 6.61 Å². The van der Waals surface area contributed by atoms with Gasteiger partial charge < -0.3 is 14.6 Å². The average Bonchev–Trinajstić information content (AvgIpc) is 2.90. The maximum absolute atomic E-state index is 5.97. The van der Waals surface area contributed by atoms with Gasteiger partial charge in [-0.3, -0.25) is 0 Å². The molecule has 0 bridgehead atoms. The molecule has 2 rings (SSSR count). The second kappa shape index (κ2) is 6.76. The molecule has 0 unspecified atom stereocenters. The van der Waals surface area contributed by atoms with Crippen LogP contribution in [0.4, 0.5) is 0 Å². The minimum atomic E-state index is 0.0889. The van der Waals surface area contributed by atoms with Gasteiger partial charge in [-0.1, -0.05) is 18.2 Å². The van der Waals surface area contributed by atoms with Gasteiger partial charge in [0.2, 0.25) is 0 Å². The molecule has 0 aliphatic rings.